The van der Waals surface area contributed by atoms with Crippen molar-refractivity contribution in [1.82, 2.24) is 0 Å². The third kappa shape index (κ3) is 3.11. The van der Waals surface area contributed by atoms with Gasteiger partial charge in [-0.25, -0.2) is 0 Å². The molecular weight excluding hydrogens is 324 g/mol. The summed E-state index contributed by atoms with van der Waals surface area (Å²) in [4.78, 5) is 12.6. The van der Waals surface area contributed by atoms with Crippen molar-refractivity contribution in [3.63, 3.8) is 0 Å². The third-order valence-corrected chi connectivity index (χ3v) is 3.81. The highest BCUT2D eigenvalue weighted by Crippen LogP contribution is 2.22. The van der Waals surface area contributed by atoms with E-state index in [1.165, 1.54) is 0 Å². The molecule has 0 amide bonds. The molecule has 0 unspecified atom stereocenters. The van der Waals surface area contributed by atoms with Crippen molar-refractivity contribution in [1.29, 1.82) is 0 Å². The molecule has 3 aromatic rings. The Hall–Kier alpha value is -2.19. The number of benzene rings is 3. The van der Waals surface area contributed by atoms with Gasteiger partial charge in [-0.2, -0.15) is 0 Å². The van der Waals surface area contributed by atoms with Gasteiger partial charge in [-0.05, 0) is 29.3 Å². The normalized spacial score (nSPS) is 10.3. The van der Waals surface area contributed by atoms with Crippen LogP contribution in [-0.4, -0.2) is 5.78 Å². The summed E-state index contributed by atoms with van der Waals surface area (Å²) in [5.41, 5.74) is 3.56. The molecule has 1 nitrogen and oxygen atoms in total. The van der Waals surface area contributed by atoms with Crippen LogP contribution in [0.25, 0.3) is 11.1 Å². The Balaban J connectivity index is 1.98. The van der Waals surface area contributed by atoms with Crippen LogP contribution in [-0.2, 0) is 0 Å². The highest BCUT2D eigenvalue weighted by atomic mass is 79.9. The molecule has 0 bridgehead atoms. The van der Waals surface area contributed by atoms with Crippen LogP contribution in [0.5, 0.6) is 0 Å². The van der Waals surface area contributed by atoms with Gasteiger partial charge in [0.2, 0.25) is 0 Å². The molecular formula is C19H13BrO. The summed E-state index contributed by atoms with van der Waals surface area (Å²) in [6.45, 7) is 0. The number of hydrogen-bond donors (Lipinski definition) is 0. The van der Waals surface area contributed by atoms with E-state index in [1.54, 1.807) is 0 Å². The Bertz CT molecular complexity index is 778. The number of carbonyl (C=O) groups excluding carboxylic acids is 1. The Morgan fingerprint density at radius 3 is 2.00 bits per heavy atom. The third-order valence-electron chi connectivity index (χ3n) is 3.32. The van der Waals surface area contributed by atoms with E-state index in [-0.39, 0.29) is 5.78 Å². The molecule has 0 aliphatic heterocycles. The topological polar surface area (TPSA) is 17.1 Å². The van der Waals surface area contributed by atoms with Crippen molar-refractivity contribution >= 4 is 21.7 Å². The molecule has 3 aromatic carbocycles. The lowest BCUT2D eigenvalue weighted by Crippen LogP contribution is -2.01. The highest BCUT2D eigenvalue weighted by Gasteiger charge is 2.10. The molecule has 0 heterocycles. The van der Waals surface area contributed by atoms with E-state index in [0.717, 1.165) is 15.6 Å². The van der Waals surface area contributed by atoms with Crippen LogP contribution in [0.3, 0.4) is 0 Å². The minimum absolute atomic E-state index is 0.0362. The van der Waals surface area contributed by atoms with Crippen molar-refractivity contribution in [3.05, 3.63) is 94.5 Å². The second-order valence-electron chi connectivity index (χ2n) is 4.79. The first-order valence-electron chi connectivity index (χ1n) is 6.70. The lowest BCUT2D eigenvalue weighted by Gasteiger charge is -2.06. The zero-order chi connectivity index (χ0) is 14.7. The second-order valence-corrected chi connectivity index (χ2v) is 5.70. The molecule has 0 N–H and O–H groups in total. The van der Waals surface area contributed by atoms with Crippen LogP contribution in [0.1, 0.15) is 15.9 Å². The monoisotopic (exact) mass is 336 g/mol. The van der Waals surface area contributed by atoms with Gasteiger partial charge < -0.3 is 0 Å². The Morgan fingerprint density at radius 1 is 0.667 bits per heavy atom. The van der Waals surface area contributed by atoms with Gasteiger partial charge in [0.25, 0.3) is 0 Å². The smallest absolute Gasteiger partial charge is 0.193 e. The largest absolute Gasteiger partial charge is 0.289 e. The number of rotatable bonds is 3. The molecule has 0 atom stereocenters. The molecule has 0 radical (unpaired) electrons. The van der Waals surface area contributed by atoms with Crippen LogP contribution in [0.2, 0.25) is 0 Å². The fraction of sp³-hybridized carbons (Fsp3) is 0. The molecule has 0 aliphatic carbocycles. The number of ketones is 1. The maximum absolute atomic E-state index is 12.6. The number of hydrogen-bond acceptors (Lipinski definition) is 1. The predicted molar refractivity (Wildman–Crippen MR) is 89.5 cm³/mol. The molecule has 0 aromatic heterocycles. The van der Waals surface area contributed by atoms with E-state index in [0.29, 0.717) is 11.1 Å². The van der Waals surface area contributed by atoms with Gasteiger partial charge >= 0.3 is 0 Å². The summed E-state index contributed by atoms with van der Waals surface area (Å²) in [7, 11) is 0. The SMILES string of the molecule is O=C(c1cccc(Br)c1)c1cccc(-c2ccccc2)c1. The summed E-state index contributed by atoms with van der Waals surface area (Å²) in [6, 6.07) is 25.3. The molecule has 102 valence electrons. The van der Waals surface area contributed by atoms with E-state index >= 15 is 0 Å². The Labute approximate surface area is 132 Å². The van der Waals surface area contributed by atoms with Gasteiger partial charge in [-0.1, -0.05) is 76.6 Å². The van der Waals surface area contributed by atoms with Crippen molar-refractivity contribution in [2.24, 2.45) is 0 Å². The molecule has 0 aliphatic rings. The van der Waals surface area contributed by atoms with Gasteiger partial charge in [0.15, 0.2) is 5.78 Å². The van der Waals surface area contributed by atoms with Crippen LogP contribution in [0, 0.1) is 0 Å². The minimum atomic E-state index is 0.0362. The first-order valence-corrected chi connectivity index (χ1v) is 7.49. The van der Waals surface area contributed by atoms with Gasteiger partial charge in [-0.15, -0.1) is 0 Å². The van der Waals surface area contributed by atoms with E-state index in [2.05, 4.69) is 15.9 Å². The fourth-order valence-corrected chi connectivity index (χ4v) is 2.67. The van der Waals surface area contributed by atoms with Gasteiger partial charge in [0, 0.05) is 15.6 Å². The maximum Gasteiger partial charge on any atom is 0.193 e. The van der Waals surface area contributed by atoms with Crippen LogP contribution in [0.15, 0.2) is 83.3 Å². The maximum atomic E-state index is 12.6. The average Bonchev–Trinajstić information content (AvgIpc) is 2.55. The number of halogens is 1. The first kappa shape index (κ1) is 13.8. The zero-order valence-electron chi connectivity index (χ0n) is 11.3. The minimum Gasteiger partial charge on any atom is -0.289 e. The molecule has 0 spiro atoms. The molecule has 0 fully saturated rings. The van der Waals surface area contributed by atoms with E-state index in [1.807, 2.05) is 78.9 Å². The van der Waals surface area contributed by atoms with Crippen molar-refractivity contribution in [2.75, 3.05) is 0 Å². The summed E-state index contributed by atoms with van der Waals surface area (Å²) < 4.78 is 0.910. The number of carbonyl (C=O) groups is 1. The van der Waals surface area contributed by atoms with Gasteiger partial charge in [-0.3, -0.25) is 4.79 Å². The van der Waals surface area contributed by atoms with E-state index < -0.39 is 0 Å². The van der Waals surface area contributed by atoms with E-state index in [4.69, 9.17) is 0 Å². The molecule has 3 rings (SSSR count). The van der Waals surface area contributed by atoms with E-state index in [9.17, 15) is 4.79 Å². The fourth-order valence-electron chi connectivity index (χ4n) is 2.27. The average molecular weight is 337 g/mol. The first-order chi connectivity index (χ1) is 10.2. The summed E-state index contributed by atoms with van der Waals surface area (Å²) in [5, 5.41) is 0. The van der Waals surface area contributed by atoms with Crippen LogP contribution >= 0.6 is 15.9 Å². The molecule has 0 saturated carbocycles. The van der Waals surface area contributed by atoms with Crippen molar-refractivity contribution in [3.8, 4) is 11.1 Å². The van der Waals surface area contributed by atoms with Crippen LogP contribution in [0.4, 0.5) is 0 Å². The summed E-state index contributed by atoms with van der Waals surface area (Å²) in [6.07, 6.45) is 0. The van der Waals surface area contributed by atoms with Crippen molar-refractivity contribution in [2.45, 2.75) is 0 Å². The summed E-state index contributed by atoms with van der Waals surface area (Å²) in [5.74, 6) is 0.0362. The van der Waals surface area contributed by atoms with Crippen molar-refractivity contribution < 1.29 is 4.79 Å². The molecule has 2 heteroatoms. The summed E-state index contributed by atoms with van der Waals surface area (Å²) >= 11 is 3.40. The Kier molecular flexibility index (Phi) is 3.98. The van der Waals surface area contributed by atoms with Crippen LogP contribution < -0.4 is 0 Å². The quantitative estimate of drug-likeness (QED) is 0.589. The predicted octanol–water partition coefficient (Wildman–Crippen LogP) is 5.35. The molecule has 0 saturated heterocycles. The lowest BCUT2D eigenvalue weighted by molar-refractivity contribution is 0.103. The second kappa shape index (κ2) is 6.06. The molecule has 21 heavy (non-hydrogen) atoms. The van der Waals surface area contributed by atoms with Gasteiger partial charge in [0.05, 0.1) is 0 Å². The Morgan fingerprint density at radius 2 is 1.29 bits per heavy atom. The highest BCUT2D eigenvalue weighted by molar-refractivity contribution is 9.10. The lowest BCUT2D eigenvalue weighted by atomic mass is 9.98. The standard InChI is InChI=1S/C19H13BrO/c20-18-11-5-10-17(13-18)19(21)16-9-4-8-15(12-16)14-6-2-1-3-7-14/h1-13H. The van der Waals surface area contributed by atoms with Gasteiger partial charge in [0.1, 0.15) is 0 Å². The zero-order valence-corrected chi connectivity index (χ0v) is 12.9.